The summed E-state index contributed by atoms with van der Waals surface area (Å²) < 4.78 is 18.7. The first kappa shape index (κ1) is 17.5. The molecule has 2 heterocycles. The Balaban J connectivity index is 1.67. The van der Waals surface area contributed by atoms with Crippen LogP contribution >= 0.6 is 0 Å². The topological polar surface area (TPSA) is 42.4 Å². The number of rotatable bonds is 3. The van der Waals surface area contributed by atoms with Gasteiger partial charge in [-0.1, -0.05) is 12.1 Å². The molecule has 0 radical (unpaired) electrons. The second kappa shape index (κ2) is 6.99. The van der Waals surface area contributed by atoms with Crippen molar-refractivity contribution in [3.05, 3.63) is 71.2 Å². The van der Waals surface area contributed by atoms with Crippen LogP contribution in [0, 0.1) is 12.7 Å². The van der Waals surface area contributed by atoms with Crippen molar-refractivity contribution in [3.8, 4) is 5.75 Å². The summed E-state index contributed by atoms with van der Waals surface area (Å²) in [6.45, 7) is 2.52. The second-order valence-electron chi connectivity index (χ2n) is 6.89. The molecular weight excluding hydrogens is 343 g/mol. The number of carbonyl (C=O) groups excluding carboxylic acids is 1. The molecule has 1 fully saturated rings. The molecule has 1 amide bonds. The van der Waals surface area contributed by atoms with Crippen molar-refractivity contribution < 1.29 is 13.9 Å². The summed E-state index contributed by atoms with van der Waals surface area (Å²) in [4.78, 5) is 19.6. The molecule has 5 heteroatoms. The van der Waals surface area contributed by atoms with Crippen LogP contribution in [0.25, 0.3) is 10.9 Å². The van der Waals surface area contributed by atoms with Gasteiger partial charge in [-0.2, -0.15) is 0 Å². The first-order valence-electron chi connectivity index (χ1n) is 9.08. The van der Waals surface area contributed by atoms with E-state index in [9.17, 15) is 9.18 Å². The van der Waals surface area contributed by atoms with Crippen LogP contribution in [0.15, 0.2) is 48.5 Å². The van der Waals surface area contributed by atoms with E-state index in [1.807, 2.05) is 35.2 Å². The molecule has 0 unspecified atom stereocenters. The van der Waals surface area contributed by atoms with Crippen molar-refractivity contribution in [2.24, 2.45) is 0 Å². The van der Waals surface area contributed by atoms with Crippen LogP contribution in [0.4, 0.5) is 4.39 Å². The first-order chi connectivity index (χ1) is 13.1. The van der Waals surface area contributed by atoms with Crippen LogP contribution in [0.2, 0.25) is 0 Å². The molecule has 2 aromatic carbocycles. The number of likely N-dealkylation sites (tertiary alicyclic amines) is 1. The number of amides is 1. The molecule has 3 aromatic rings. The monoisotopic (exact) mass is 364 g/mol. The quantitative estimate of drug-likeness (QED) is 0.678. The van der Waals surface area contributed by atoms with Crippen LogP contribution in [0.1, 0.15) is 40.5 Å². The lowest BCUT2D eigenvalue weighted by molar-refractivity contribution is 0.0734. The van der Waals surface area contributed by atoms with Gasteiger partial charge >= 0.3 is 0 Å². The fourth-order valence-electron chi connectivity index (χ4n) is 3.79. The lowest BCUT2D eigenvalue weighted by Gasteiger charge is -2.26. The van der Waals surface area contributed by atoms with E-state index in [2.05, 4.69) is 4.98 Å². The second-order valence-corrected chi connectivity index (χ2v) is 6.89. The third kappa shape index (κ3) is 3.25. The van der Waals surface area contributed by atoms with E-state index in [0.717, 1.165) is 36.1 Å². The van der Waals surface area contributed by atoms with Gasteiger partial charge in [0.2, 0.25) is 0 Å². The van der Waals surface area contributed by atoms with Gasteiger partial charge in [0.05, 0.1) is 29.9 Å². The highest BCUT2D eigenvalue weighted by Gasteiger charge is 2.31. The number of aromatic nitrogens is 1. The molecule has 1 aromatic heterocycles. The van der Waals surface area contributed by atoms with Gasteiger partial charge in [-0.05, 0) is 55.7 Å². The fraction of sp³-hybridized carbons (Fsp3) is 0.273. The molecule has 4 rings (SSSR count). The number of halogens is 1. The van der Waals surface area contributed by atoms with Gasteiger partial charge in [0, 0.05) is 18.0 Å². The molecule has 4 nitrogen and oxygen atoms in total. The Labute approximate surface area is 157 Å². The zero-order valence-electron chi connectivity index (χ0n) is 15.4. The molecule has 1 aliphatic rings. The normalized spacial score (nSPS) is 16.7. The van der Waals surface area contributed by atoms with Gasteiger partial charge < -0.3 is 9.64 Å². The summed E-state index contributed by atoms with van der Waals surface area (Å²) in [6.07, 6.45) is 1.90. The largest absolute Gasteiger partial charge is 0.497 e. The van der Waals surface area contributed by atoms with Gasteiger partial charge in [0.1, 0.15) is 11.6 Å². The summed E-state index contributed by atoms with van der Waals surface area (Å²) in [7, 11) is 1.64. The zero-order chi connectivity index (χ0) is 19.0. The minimum absolute atomic E-state index is 0.0236. The van der Waals surface area contributed by atoms with Gasteiger partial charge in [0.15, 0.2) is 0 Å². The van der Waals surface area contributed by atoms with E-state index in [-0.39, 0.29) is 17.8 Å². The maximum Gasteiger partial charge on any atom is 0.256 e. The molecule has 1 saturated heterocycles. The first-order valence-corrected chi connectivity index (χ1v) is 9.08. The van der Waals surface area contributed by atoms with Crippen molar-refractivity contribution in [2.75, 3.05) is 13.7 Å². The highest BCUT2D eigenvalue weighted by molar-refractivity contribution is 5.99. The van der Waals surface area contributed by atoms with E-state index in [4.69, 9.17) is 4.74 Å². The molecule has 0 spiro atoms. The predicted molar refractivity (Wildman–Crippen MR) is 102 cm³/mol. The number of aryl methyl sites for hydroxylation is 1. The van der Waals surface area contributed by atoms with Gasteiger partial charge in [-0.15, -0.1) is 0 Å². The average molecular weight is 364 g/mol. The Morgan fingerprint density at radius 3 is 2.70 bits per heavy atom. The summed E-state index contributed by atoms with van der Waals surface area (Å²) >= 11 is 0. The molecular formula is C22H21FN2O2. The zero-order valence-corrected chi connectivity index (χ0v) is 15.4. The molecule has 1 atom stereocenters. The van der Waals surface area contributed by atoms with Crippen molar-refractivity contribution >= 4 is 16.8 Å². The summed E-state index contributed by atoms with van der Waals surface area (Å²) in [5, 5.41) is 0.769. The molecule has 0 aliphatic carbocycles. The minimum Gasteiger partial charge on any atom is -0.497 e. The predicted octanol–water partition coefficient (Wildman–Crippen LogP) is 4.67. The van der Waals surface area contributed by atoms with Crippen LogP contribution in [-0.4, -0.2) is 29.4 Å². The van der Waals surface area contributed by atoms with Crippen molar-refractivity contribution in [1.82, 2.24) is 9.88 Å². The SMILES string of the molecule is COc1ccc([C@H]2CCCN2C(=O)c2cc3ccc(F)cc3nc2C)cc1. The number of ether oxygens (including phenoxy) is 1. The van der Waals surface area contributed by atoms with Crippen LogP contribution in [0.3, 0.4) is 0 Å². The Hall–Kier alpha value is -2.95. The Morgan fingerprint density at radius 2 is 1.96 bits per heavy atom. The maximum atomic E-state index is 13.4. The van der Waals surface area contributed by atoms with E-state index in [1.54, 1.807) is 20.1 Å². The van der Waals surface area contributed by atoms with Crippen LogP contribution in [0.5, 0.6) is 5.75 Å². The number of nitrogens with zero attached hydrogens (tertiary/aromatic N) is 2. The lowest BCUT2D eigenvalue weighted by Crippen LogP contribution is -2.31. The van der Waals surface area contributed by atoms with Gasteiger partial charge in [-0.25, -0.2) is 4.39 Å². The van der Waals surface area contributed by atoms with Crippen molar-refractivity contribution in [1.29, 1.82) is 0 Å². The molecule has 138 valence electrons. The Morgan fingerprint density at radius 1 is 1.19 bits per heavy atom. The number of hydrogen-bond acceptors (Lipinski definition) is 3. The average Bonchev–Trinajstić information content (AvgIpc) is 3.16. The van der Waals surface area contributed by atoms with E-state index < -0.39 is 0 Å². The maximum absolute atomic E-state index is 13.4. The Bertz CT molecular complexity index is 1000. The summed E-state index contributed by atoms with van der Waals surface area (Å²) in [5.74, 6) is 0.452. The standard InChI is InChI=1S/C22H21FN2O2/c1-14-19(12-16-5-8-17(23)13-20(16)24-14)22(26)25-11-3-4-21(25)15-6-9-18(27-2)10-7-15/h5-10,12-13,21H,3-4,11H2,1-2H3/t21-/m1/s1. The molecule has 1 aliphatic heterocycles. The molecule has 27 heavy (non-hydrogen) atoms. The number of methoxy groups -OCH3 is 1. The van der Waals surface area contributed by atoms with E-state index in [0.29, 0.717) is 16.8 Å². The fourth-order valence-corrected chi connectivity index (χ4v) is 3.79. The highest BCUT2D eigenvalue weighted by Crippen LogP contribution is 2.34. The Kier molecular flexibility index (Phi) is 4.52. The van der Waals surface area contributed by atoms with Crippen molar-refractivity contribution in [3.63, 3.8) is 0 Å². The lowest BCUT2D eigenvalue weighted by atomic mass is 10.0. The molecule has 0 saturated carbocycles. The minimum atomic E-state index is -0.326. The number of carbonyl (C=O) groups is 1. The van der Waals surface area contributed by atoms with E-state index in [1.165, 1.54) is 12.1 Å². The van der Waals surface area contributed by atoms with Gasteiger partial charge in [0.25, 0.3) is 5.91 Å². The van der Waals surface area contributed by atoms with Crippen LogP contribution in [-0.2, 0) is 0 Å². The van der Waals surface area contributed by atoms with Crippen LogP contribution < -0.4 is 4.74 Å². The summed E-state index contributed by atoms with van der Waals surface area (Å²) in [5.41, 5.74) is 2.88. The number of pyridine rings is 1. The molecule has 0 N–H and O–H groups in total. The van der Waals surface area contributed by atoms with E-state index >= 15 is 0 Å². The number of fused-ring (bicyclic) bond motifs is 1. The third-order valence-electron chi connectivity index (χ3n) is 5.21. The molecule has 0 bridgehead atoms. The van der Waals surface area contributed by atoms with Gasteiger partial charge in [-0.3, -0.25) is 9.78 Å². The third-order valence-corrected chi connectivity index (χ3v) is 5.21. The summed E-state index contributed by atoms with van der Waals surface area (Å²) in [6, 6.07) is 14.2. The number of benzene rings is 2. The highest BCUT2D eigenvalue weighted by atomic mass is 19.1. The smallest absolute Gasteiger partial charge is 0.256 e. The van der Waals surface area contributed by atoms with Crippen molar-refractivity contribution in [2.45, 2.75) is 25.8 Å². The number of hydrogen-bond donors (Lipinski definition) is 0.